The van der Waals surface area contributed by atoms with Crippen LogP contribution in [0.3, 0.4) is 0 Å². The van der Waals surface area contributed by atoms with Crippen LogP contribution >= 0.6 is 0 Å². The first kappa shape index (κ1) is 14.3. The van der Waals surface area contributed by atoms with Crippen LogP contribution in [0.25, 0.3) is 0 Å². The minimum atomic E-state index is 0.931. The van der Waals surface area contributed by atoms with Crippen LogP contribution in [0.1, 0.15) is 50.3 Å². The Balaban J connectivity index is 2.20. The molecule has 1 N–H and O–H groups in total. The quantitative estimate of drug-likeness (QED) is 0.882. The lowest BCUT2D eigenvalue weighted by molar-refractivity contribution is 0.726. The number of aryl methyl sites for hydroxylation is 1. The summed E-state index contributed by atoms with van der Waals surface area (Å²) in [5.74, 6) is 1.19. The SMILES string of the molecule is CCCc1cc(CNC)cc(N2CCCCCC2)n1. The number of hydrogen-bond acceptors (Lipinski definition) is 3. The van der Waals surface area contributed by atoms with E-state index < -0.39 is 0 Å². The Morgan fingerprint density at radius 2 is 1.89 bits per heavy atom. The van der Waals surface area contributed by atoms with Crippen LogP contribution in [0.5, 0.6) is 0 Å². The third-order valence-electron chi connectivity index (χ3n) is 3.74. The van der Waals surface area contributed by atoms with E-state index in [9.17, 15) is 0 Å². The Hall–Kier alpha value is -1.09. The van der Waals surface area contributed by atoms with Crippen molar-refractivity contribution in [2.45, 2.75) is 52.0 Å². The lowest BCUT2D eigenvalue weighted by Crippen LogP contribution is -2.25. The van der Waals surface area contributed by atoms with E-state index in [-0.39, 0.29) is 0 Å². The normalized spacial score (nSPS) is 16.4. The highest BCUT2D eigenvalue weighted by molar-refractivity contribution is 5.43. The van der Waals surface area contributed by atoms with Crippen LogP contribution in [-0.4, -0.2) is 25.1 Å². The predicted molar refractivity (Wildman–Crippen MR) is 81.7 cm³/mol. The van der Waals surface area contributed by atoms with E-state index in [1.807, 2.05) is 7.05 Å². The van der Waals surface area contributed by atoms with Gasteiger partial charge in [-0.05, 0) is 44.0 Å². The second-order valence-electron chi connectivity index (χ2n) is 5.51. The van der Waals surface area contributed by atoms with Gasteiger partial charge >= 0.3 is 0 Å². The van der Waals surface area contributed by atoms with Gasteiger partial charge in [0, 0.05) is 25.3 Å². The van der Waals surface area contributed by atoms with E-state index in [0.717, 1.165) is 19.4 Å². The Morgan fingerprint density at radius 3 is 2.53 bits per heavy atom. The predicted octanol–water partition coefficient (Wildman–Crippen LogP) is 3.13. The molecule has 106 valence electrons. The molecule has 0 bridgehead atoms. The molecule has 1 aliphatic rings. The van der Waals surface area contributed by atoms with E-state index in [2.05, 4.69) is 29.3 Å². The molecule has 0 spiro atoms. The Labute approximate surface area is 117 Å². The average molecular weight is 261 g/mol. The molecule has 0 aromatic carbocycles. The van der Waals surface area contributed by atoms with Crippen molar-refractivity contribution >= 4 is 5.82 Å². The fraction of sp³-hybridized carbons (Fsp3) is 0.688. The van der Waals surface area contributed by atoms with E-state index in [1.54, 1.807) is 0 Å². The fourth-order valence-electron chi connectivity index (χ4n) is 2.79. The summed E-state index contributed by atoms with van der Waals surface area (Å²) in [6.45, 7) is 5.49. The van der Waals surface area contributed by atoms with Crippen LogP contribution in [0, 0.1) is 0 Å². The number of aromatic nitrogens is 1. The summed E-state index contributed by atoms with van der Waals surface area (Å²) in [4.78, 5) is 7.35. The molecular weight excluding hydrogens is 234 g/mol. The Bertz CT molecular complexity index is 357. The van der Waals surface area contributed by atoms with Gasteiger partial charge in [0.15, 0.2) is 0 Å². The van der Waals surface area contributed by atoms with Gasteiger partial charge in [-0.2, -0.15) is 0 Å². The maximum Gasteiger partial charge on any atom is 0.129 e. The minimum absolute atomic E-state index is 0.931. The van der Waals surface area contributed by atoms with Gasteiger partial charge in [-0.15, -0.1) is 0 Å². The highest BCUT2D eigenvalue weighted by Crippen LogP contribution is 2.20. The number of nitrogens with one attached hydrogen (secondary N) is 1. The molecule has 19 heavy (non-hydrogen) atoms. The molecule has 3 nitrogen and oxygen atoms in total. The molecule has 1 aromatic rings. The van der Waals surface area contributed by atoms with Crippen molar-refractivity contribution in [2.24, 2.45) is 0 Å². The highest BCUT2D eigenvalue weighted by Gasteiger charge is 2.12. The van der Waals surface area contributed by atoms with Crippen LogP contribution in [0.15, 0.2) is 12.1 Å². The number of pyridine rings is 1. The first-order chi connectivity index (χ1) is 9.33. The number of rotatable bonds is 5. The summed E-state index contributed by atoms with van der Waals surface area (Å²) < 4.78 is 0. The molecule has 2 rings (SSSR count). The molecule has 0 aliphatic carbocycles. The molecule has 1 aliphatic heterocycles. The van der Waals surface area contributed by atoms with Gasteiger partial charge in [0.2, 0.25) is 0 Å². The van der Waals surface area contributed by atoms with Gasteiger partial charge in [-0.1, -0.05) is 26.2 Å². The third kappa shape index (κ3) is 4.20. The van der Waals surface area contributed by atoms with Crippen molar-refractivity contribution in [1.29, 1.82) is 0 Å². The van der Waals surface area contributed by atoms with Gasteiger partial charge < -0.3 is 10.2 Å². The van der Waals surface area contributed by atoms with E-state index in [0.29, 0.717) is 0 Å². The Morgan fingerprint density at radius 1 is 1.16 bits per heavy atom. The summed E-state index contributed by atoms with van der Waals surface area (Å²) in [7, 11) is 2.01. The molecular formula is C16H27N3. The van der Waals surface area contributed by atoms with Crippen molar-refractivity contribution in [2.75, 3.05) is 25.0 Å². The summed E-state index contributed by atoms with van der Waals surface area (Å²) in [5.41, 5.74) is 2.61. The monoisotopic (exact) mass is 261 g/mol. The molecule has 0 amide bonds. The molecule has 0 radical (unpaired) electrons. The molecule has 1 fully saturated rings. The molecule has 0 saturated carbocycles. The smallest absolute Gasteiger partial charge is 0.129 e. The second kappa shape index (κ2) is 7.49. The number of nitrogens with zero attached hydrogens (tertiary/aromatic N) is 2. The van der Waals surface area contributed by atoms with E-state index in [1.165, 1.54) is 55.8 Å². The molecule has 2 heterocycles. The topological polar surface area (TPSA) is 28.2 Å². The average Bonchev–Trinajstić information content (AvgIpc) is 2.68. The zero-order valence-electron chi connectivity index (χ0n) is 12.4. The van der Waals surface area contributed by atoms with Crippen molar-refractivity contribution in [3.63, 3.8) is 0 Å². The van der Waals surface area contributed by atoms with E-state index in [4.69, 9.17) is 4.98 Å². The maximum atomic E-state index is 4.87. The van der Waals surface area contributed by atoms with Crippen molar-refractivity contribution < 1.29 is 0 Å². The molecule has 3 heteroatoms. The first-order valence-electron chi connectivity index (χ1n) is 7.73. The van der Waals surface area contributed by atoms with Gasteiger partial charge in [0.1, 0.15) is 5.82 Å². The summed E-state index contributed by atoms with van der Waals surface area (Å²) in [6, 6.07) is 4.52. The van der Waals surface area contributed by atoms with Crippen molar-refractivity contribution in [3.8, 4) is 0 Å². The largest absolute Gasteiger partial charge is 0.357 e. The van der Waals surface area contributed by atoms with Gasteiger partial charge in [0.25, 0.3) is 0 Å². The molecule has 0 unspecified atom stereocenters. The van der Waals surface area contributed by atoms with Gasteiger partial charge in [-0.25, -0.2) is 4.98 Å². The summed E-state index contributed by atoms with van der Waals surface area (Å²) >= 11 is 0. The number of anilines is 1. The third-order valence-corrected chi connectivity index (χ3v) is 3.74. The standard InChI is InChI=1S/C16H27N3/c1-3-8-15-11-14(13-17-2)12-16(18-15)19-9-6-4-5-7-10-19/h11-12,17H,3-10,13H2,1-2H3. The van der Waals surface area contributed by atoms with Crippen molar-refractivity contribution in [1.82, 2.24) is 10.3 Å². The zero-order chi connectivity index (χ0) is 13.5. The van der Waals surface area contributed by atoms with E-state index >= 15 is 0 Å². The fourth-order valence-corrected chi connectivity index (χ4v) is 2.79. The van der Waals surface area contributed by atoms with Crippen LogP contribution in [0.4, 0.5) is 5.82 Å². The summed E-state index contributed by atoms with van der Waals surface area (Å²) in [5, 5.41) is 3.25. The Kier molecular flexibility index (Phi) is 5.64. The van der Waals surface area contributed by atoms with Crippen molar-refractivity contribution in [3.05, 3.63) is 23.4 Å². The number of hydrogen-bond donors (Lipinski definition) is 1. The second-order valence-corrected chi connectivity index (χ2v) is 5.51. The lowest BCUT2D eigenvalue weighted by atomic mass is 10.1. The highest BCUT2D eigenvalue weighted by atomic mass is 15.2. The lowest BCUT2D eigenvalue weighted by Gasteiger charge is -2.23. The zero-order valence-corrected chi connectivity index (χ0v) is 12.4. The van der Waals surface area contributed by atoms with Crippen LogP contribution < -0.4 is 10.2 Å². The van der Waals surface area contributed by atoms with Gasteiger partial charge in [-0.3, -0.25) is 0 Å². The molecule has 0 atom stereocenters. The van der Waals surface area contributed by atoms with Gasteiger partial charge in [0.05, 0.1) is 0 Å². The minimum Gasteiger partial charge on any atom is -0.357 e. The summed E-state index contributed by atoms with van der Waals surface area (Å²) in [6.07, 6.45) is 7.60. The molecule has 1 saturated heterocycles. The molecule has 1 aromatic heterocycles. The maximum absolute atomic E-state index is 4.87. The van der Waals surface area contributed by atoms with Crippen LogP contribution in [-0.2, 0) is 13.0 Å². The first-order valence-corrected chi connectivity index (χ1v) is 7.73. The van der Waals surface area contributed by atoms with Crippen LogP contribution in [0.2, 0.25) is 0 Å².